The first-order chi connectivity index (χ1) is 8.58. The summed E-state index contributed by atoms with van der Waals surface area (Å²) in [5.74, 6) is 0.899. The zero-order valence-electron chi connectivity index (χ0n) is 11.2. The molecule has 0 aromatic heterocycles. The molecule has 0 bridgehead atoms. The molecular weight excluding hydrogens is 224 g/mol. The maximum Gasteiger partial charge on any atom is 0.238 e. The van der Waals surface area contributed by atoms with E-state index in [1.165, 1.54) is 16.7 Å². The van der Waals surface area contributed by atoms with Crippen molar-refractivity contribution in [3.05, 3.63) is 34.9 Å². The predicted octanol–water partition coefficient (Wildman–Crippen LogP) is 2.14. The molecular formula is C15H20N2O. The Balaban J connectivity index is 1.93. The summed E-state index contributed by atoms with van der Waals surface area (Å²) in [5.41, 5.74) is 3.78. The Morgan fingerprint density at radius 2 is 2.06 bits per heavy atom. The topological polar surface area (TPSA) is 32.3 Å². The van der Waals surface area contributed by atoms with Crippen LogP contribution in [0.1, 0.15) is 36.2 Å². The highest BCUT2D eigenvalue weighted by atomic mass is 16.2. The molecule has 3 nitrogen and oxygen atoms in total. The van der Waals surface area contributed by atoms with E-state index in [4.69, 9.17) is 0 Å². The highest BCUT2D eigenvalue weighted by Crippen LogP contribution is 2.41. The number of carbonyl (C=O) groups excluding carboxylic acids is 1. The van der Waals surface area contributed by atoms with E-state index in [0.29, 0.717) is 18.5 Å². The fourth-order valence-electron chi connectivity index (χ4n) is 2.98. The van der Waals surface area contributed by atoms with Crippen molar-refractivity contribution in [3.63, 3.8) is 0 Å². The minimum atomic E-state index is 0.0769. The van der Waals surface area contributed by atoms with Gasteiger partial charge in [0.05, 0.1) is 6.54 Å². The number of rotatable bonds is 2. The van der Waals surface area contributed by atoms with Crippen LogP contribution < -0.4 is 5.32 Å². The number of hydrogen-bond acceptors (Lipinski definition) is 2. The second kappa shape index (κ2) is 4.09. The summed E-state index contributed by atoms with van der Waals surface area (Å²) < 4.78 is 0. The highest BCUT2D eigenvalue weighted by Gasteiger charge is 2.46. The Morgan fingerprint density at radius 3 is 2.67 bits per heavy atom. The summed E-state index contributed by atoms with van der Waals surface area (Å²) in [6.45, 7) is 6.92. The summed E-state index contributed by atoms with van der Waals surface area (Å²) in [7, 11) is 0. The van der Waals surface area contributed by atoms with Crippen molar-refractivity contribution in [2.75, 3.05) is 6.54 Å². The van der Waals surface area contributed by atoms with Crippen LogP contribution in [0, 0.1) is 19.8 Å². The molecule has 18 heavy (non-hydrogen) atoms. The molecule has 1 aliphatic carbocycles. The fraction of sp³-hybridized carbons (Fsp3) is 0.533. The number of benzene rings is 1. The van der Waals surface area contributed by atoms with Crippen LogP contribution in [0.5, 0.6) is 0 Å². The lowest BCUT2D eigenvalue weighted by atomic mass is 10.0. The van der Waals surface area contributed by atoms with Crippen molar-refractivity contribution in [2.45, 2.75) is 39.4 Å². The molecule has 1 N–H and O–H groups in total. The Labute approximate surface area is 108 Å². The van der Waals surface area contributed by atoms with Crippen LogP contribution in [0.15, 0.2) is 18.2 Å². The Hall–Kier alpha value is -1.35. The molecule has 2 aliphatic rings. The van der Waals surface area contributed by atoms with Gasteiger partial charge in [-0.1, -0.05) is 30.7 Å². The molecule has 1 saturated heterocycles. The first-order valence-electron chi connectivity index (χ1n) is 6.69. The molecule has 3 heteroatoms. The lowest BCUT2D eigenvalue weighted by molar-refractivity contribution is -0.128. The number of hydrogen-bond donors (Lipinski definition) is 1. The number of carbonyl (C=O) groups is 1. The van der Waals surface area contributed by atoms with Crippen molar-refractivity contribution >= 4 is 5.91 Å². The third kappa shape index (κ3) is 1.83. The lowest BCUT2D eigenvalue weighted by Crippen LogP contribution is -2.33. The van der Waals surface area contributed by atoms with Crippen molar-refractivity contribution in [2.24, 2.45) is 5.92 Å². The van der Waals surface area contributed by atoms with Gasteiger partial charge in [-0.05, 0) is 37.3 Å². The van der Waals surface area contributed by atoms with Crippen molar-refractivity contribution < 1.29 is 4.79 Å². The van der Waals surface area contributed by atoms with Crippen LogP contribution in [-0.2, 0) is 4.79 Å². The highest BCUT2D eigenvalue weighted by molar-refractivity contribution is 5.81. The van der Waals surface area contributed by atoms with Crippen LogP contribution >= 0.6 is 0 Å². The monoisotopic (exact) mass is 244 g/mol. The van der Waals surface area contributed by atoms with E-state index < -0.39 is 0 Å². The maximum atomic E-state index is 12.0. The SMILES string of the molecule is Cc1ccc(C2NCC(=O)N2C2CC2C)c(C)c1. The fourth-order valence-corrected chi connectivity index (χ4v) is 2.98. The number of amides is 1. The van der Waals surface area contributed by atoms with Gasteiger partial charge in [0.25, 0.3) is 0 Å². The molecule has 3 rings (SSSR count). The van der Waals surface area contributed by atoms with E-state index in [0.717, 1.165) is 6.42 Å². The van der Waals surface area contributed by atoms with Crippen LogP contribution in [0.25, 0.3) is 0 Å². The van der Waals surface area contributed by atoms with Crippen LogP contribution in [0.2, 0.25) is 0 Å². The molecule has 1 aromatic carbocycles. The van der Waals surface area contributed by atoms with Gasteiger partial charge < -0.3 is 4.90 Å². The Bertz CT molecular complexity index is 497. The third-order valence-electron chi connectivity index (χ3n) is 4.16. The largest absolute Gasteiger partial charge is 0.319 e. The molecule has 1 aromatic rings. The van der Waals surface area contributed by atoms with Gasteiger partial charge in [-0.25, -0.2) is 0 Å². The van der Waals surface area contributed by atoms with E-state index in [1.54, 1.807) is 0 Å². The van der Waals surface area contributed by atoms with E-state index in [1.807, 2.05) is 0 Å². The minimum absolute atomic E-state index is 0.0769. The smallest absolute Gasteiger partial charge is 0.238 e. The van der Waals surface area contributed by atoms with E-state index in [2.05, 4.69) is 49.2 Å². The summed E-state index contributed by atoms with van der Waals surface area (Å²) in [6.07, 6.45) is 1.22. The molecule has 1 amide bonds. The predicted molar refractivity (Wildman–Crippen MR) is 71.1 cm³/mol. The van der Waals surface area contributed by atoms with Crippen molar-refractivity contribution in [1.29, 1.82) is 0 Å². The van der Waals surface area contributed by atoms with Crippen LogP contribution in [-0.4, -0.2) is 23.4 Å². The maximum absolute atomic E-state index is 12.0. The second-order valence-corrected chi connectivity index (χ2v) is 5.72. The van der Waals surface area contributed by atoms with Gasteiger partial charge in [0, 0.05) is 6.04 Å². The second-order valence-electron chi connectivity index (χ2n) is 5.72. The Kier molecular flexibility index (Phi) is 2.67. The van der Waals surface area contributed by atoms with Gasteiger partial charge in [0.1, 0.15) is 6.17 Å². The standard InChI is InChI=1S/C15H20N2O/c1-9-4-5-12(10(2)6-9)15-16-8-14(18)17(15)13-7-11(13)3/h4-6,11,13,15-16H,7-8H2,1-3H3. The van der Waals surface area contributed by atoms with Gasteiger partial charge in [0.2, 0.25) is 5.91 Å². The third-order valence-corrected chi connectivity index (χ3v) is 4.16. The van der Waals surface area contributed by atoms with Crippen LogP contribution in [0.4, 0.5) is 0 Å². The zero-order valence-corrected chi connectivity index (χ0v) is 11.2. The normalized spacial score (nSPS) is 30.9. The molecule has 1 saturated carbocycles. The molecule has 0 spiro atoms. The van der Waals surface area contributed by atoms with Gasteiger partial charge in [-0.2, -0.15) is 0 Å². The molecule has 1 aliphatic heterocycles. The van der Waals surface area contributed by atoms with Crippen LogP contribution in [0.3, 0.4) is 0 Å². The molecule has 3 unspecified atom stereocenters. The lowest BCUT2D eigenvalue weighted by Gasteiger charge is -2.26. The quantitative estimate of drug-likeness (QED) is 0.864. The molecule has 1 heterocycles. The molecule has 0 radical (unpaired) electrons. The van der Waals surface area contributed by atoms with Crippen molar-refractivity contribution in [3.8, 4) is 0 Å². The summed E-state index contributed by atoms with van der Waals surface area (Å²) in [4.78, 5) is 14.1. The first-order valence-corrected chi connectivity index (χ1v) is 6.69. The average Bonchev–Trinajstić information content (AvgIpc) is 2.89. The molecule has 2 fully saturated rings. The average molecular weight is 244 g/mol. The number of aryl methyl sites for hydroxylation is 2. The summed E-state index contributed by atoms with van der Waals surface area (Å²) in [5, 5.41) is 3.35. The zero-order chi connectivity index (χ0) is 12.9. The van der Waals surface area contributed by atoms with Gasteiger partial charge >= 0.3 is 0 Å². The van der Waals surface area contributed by atoms with Crippen molar-refractivity contribution in [1.82, 2.24) is 10.2 Å². The minimum Gasteiger partial charge on any atom is -0.319 e. The van der Waals surface area contributed by atoms with Gasteiger partial charge in [0.15, 0.2) is 0 Å². The first kappa shape index (κ1) is 11.7. The van der Waals surface area contributed by atoms with E-state index in [-0.39, 0.29) is 12.1 Å². The van der Waals surface area contributed by atoms with Gasteiger partial charge in [-0.15, -0.1) is 0 Å². The van der Waals surface area contributed by atoms with Gasteiger partial charge in [-0.3, -0.25) is 10.1 Å². The number of nitrogens with one attached hydrogen (secondary N) is 1. The summed E-state index contributed by atoms with van der Waals surface area (Å²) in [6, 6.07) is 6.91. The molecule has 3 atom stereocenters. The Morgan fingerprint density at radius 1 is 1.33 bits per heavy atom. The van der Waals surface area contributed by atoms with E-state index >= 15 is 0 Å². The summed E-state index contributed by atoms with van der Waals surface area (Å²) >= 11 is 0. The number of nitrogens with zero attached hydrogens (tertiary/aromatic N) is 1. The molecule has 96 valence electrons. The van der Waals surface area contributed by atoms with E-state index in [9.17, 15) is 4.79 Å².